The fourth-order valence-corrected chi connectivity index (χ4v) is 5.70. The zero-order valence-corrected chi connectivity index (χ0v) is 23.1. The molecule has 1 aliphatic rings. The van der Waals surface area contributed by atoms with Crippen molar-refractivity contribution >= 4 is 27.8 Å². The lowest BCUT2D eigenvalue weighted by atomic mass is 9.92. The number of nitrogens with one attached hydrogen (secondary N) is 1. The molecule has 0 fully saturated rings. The molecular formula is C36H32N4O2. The molecule has 0 bridgehead atoms. The Morgan fingerprint density at radius 3 is 2.10 bits per heavy atom. The van der Waals surface area contributed by atoms with Crippen LogP contribution in [0.2, 0.25) is 0 Å². The van der Waals surface area contributed by atoms with E-state index in [1.165, 1.54) is 5.56 Å². The monoisotopic (exact) mass is 552 g/mol. The number of para-hydroxylation sites is 1. The normalized spacial score (nSPS) is 18.4. The fourth-order valence-electron chi connectivity index (χ4n) is 5.70. The van der Waals surface area contributed by atoms with Gasteiger partial charge in [-0.05, 0) is 40.8 Å². The average molecular weight is 553 g/mol. The van der Waals surface area contributed by atoms with Gasteiger partial charge in [0.25, 0.3) is 0 Å². The minimum Gasteiger partial charge on any atom is -0.456 e. The second-order valence-corrected chi connectivity index (χ2v) is 10.7. The zero-order chi connectivity index (χ0) is 28.5. The molecule has 4 atom stereocenters. The number of amidine groups is 1. The summed E-state index contributed by atoms with van der Waals surface area (Å²) in [6.07, 6.45) is -0.538. The maximum atomic E-state index is 6.47. The predicted octanol–water partition coefficient (Wildman–Crippen LogP) is 7.44. The van der Waals surface area contributed by atoms with E-state index in [1.807, 2.05) is 72.8 Å². The highest BCUT2D eigenvalue weighted by atomic mass is 16.5. The summed E-state index contributed by atoms with van der Waals surface area (Å²) in [4.78, 5) is 5.08. The van der Waals surface area contributed by atoms with E-state index in [9.17, 15) is 0 Å². The molecule has 0 saturated carbocycles. The third-order valence-electron chi connectivity index (χ3n) is 7.98. The molecule has 1 aliphatic heterocycles. The summed E-state index contributed by atoms with van der Waals surface area (Å²) in [6.45, 7) is 0. The molecule has 4 unspecified atom stereocenters. The highest BCUT2D eigenvalue weighted by Gasteiger charge is 2.26. The van der Waals surface area contributed by atoms with Crippen molar-refractivity contribution in [2.24, 2.45) is 16.5 Å². The van der Waals surface area contributed by atoms with Crippen LogP contribution in [0.4, 0.5) is 0 Å². The van der Waals surface area contributed by atoms with E-state index < -0.39 is 12.5 Å². The van der Waals surface area contributed by atoms with E-state index in [-0.39, 0.29) is 12.1 Å². The molecule has 0 saturated heterocycles. The first-order valence-corrected chi connectivity index (χ1v) is 14.2. The van der Waals surface area contributed by atoms with Crippen LogP contribution in [0.25, 0.3) is 21.9 Å². The van der Waals surface area contributed by atoms with Gasteiger partial charge in [-0.25, -0.2) is 0 Å². The lowest BCUT2D eigenvalue weighted by Gasteiger charge is -2.31. The lowest BCUT2D eigenvalue weighted by molar-refractivity contribution is -0.00829. The largest absolute Gasteiger partial charge is 0.456 e. The molecule has 2 heterocycles. The molecule has 0 spiro atoms. The van der Waals surface area contributed by atoms with Crippen LogP contribution in [0.1, 0.15) is 58.8 Å². The van der Waals surface area contributed by atoms with Gasteiger partial charge in [0, 0.05) is 16.3 Å². The zero-order valence-electron chi connectivity index (χ0n) is 23.1. The molecule has 7 rings (SSSR count). The third-order valence-corrected chi connectivity index (χ3v) is 7.98. The Kier molecular flexibility index (Phi) is 7.01. The Labute approximate surface area is 244 Å². The number of rotatable bonds is 7. The minimum absolute atomic E-state index is 0.0556. The standard InChI is InChI=1S/C36H32N4O2/c37-34(42-35(38)27-19-20-29-28-13-7-8-14-32(28)41-33(29)21-27)25-17-15-24(16-18-25)31-22-30(23-9-3-1-4-10-23)39-36(40-31)26-11-5-2-6-12-26/h1-21,30-31,34-35H,22,37-38H2,(H,39,40). The van der Waals surface area contributed by atoms with Gasteiger partial charge in [-0.15, -0.1) is 0 Å². The number of hydrogen-bond donors (Lipinski definition) is 3. The van der Waals surface area contributed by atoms with Crippen LogP contribution in [0.3, 0.4) is 0 Å². The van der Waals surface area contributed by atoms with Crippen molar-refractivity contribution in [1.29, 1.82) is 0 Å². The lowest BCUT2D eigenvalue weighted by Crippen LogP contribution is -2.35. The van der Waals surface area contributed by atoms with Crippen LogP contribution in [0, 0.1) is 0 Å². The van der Waals surface area contributed by atoms with Crippen LogP contribution in [0.15, 0.2) is 137 Å². The van der Waals surface area contributed by atoms with Gasteiger partial charge in [-0.2, -0.15) is 0 Å². The summed E-state index contributed by atoms with van der Waals surface area (Å²) in [6, 6.07) is 43.0. The summed E-state index contributed by atoms with van der Waals surface area (Å²) < 4.78 is 12.1. The molecule has 6 nitrogen and oxygen atoms in total. The molecule has 42 heavy (non-hydrogen) atoms. The number of hydrogen-bond acceptors (Lipinski definition) is 6. The second kappa shape index (κ2) is 11.3. The van der Waals surface area contributed by atoms with Crippen molar-refractivity contribution in [3.8, 4) is 0 Å². The van der Waals surface area contributed by atoms with Crippen molar-refractivity contribution in [3.05, 3.63) is 155 Å². The van der Waals surface area contributed by atoms with Crippen molar-refractivity contribution < 1.29 is 9.15 Å². The summed E-state index contributed by atoms with van der Waals surface area (Å²) in [5.41, 5.74) is 19.6. The second-order valence-electron chi connectivity index (χ2n) is 10.7. The SMILES string of the molecule is NC(OC(N)c1ccc2c(c1)oc1ccccc12)c1ccc(C2CC(c3ccccc3)N=C(c3ccccc3)N2)cc1. The Hall–Kier alpha value is -4.75. The van der Waals surface area contributed by atoms with E-state index in [0.717, 1.165) is 56.4 Å². The van der Waals surface area contributed by atoms with Crippen molar-refractivity contribution in [1.82, 2.24) is 5.32 Å². The molecule has 0 radical (unpaired) electrons. The predicted molar refractivity (Wildman–Crippen MR) is 168 cm³/mol. The van der Waals surface area contributed by atoms with Gasteiger partial charge in [-0.3, -0.25) is 4.99 Å². The Bertz CT molecular complexity index is 1850. The van der Waals surface area contributed by atoms with Gasteiger partial charge in [0.15, 0.2) is 0 Å². The Morgan fingerprint density at radius 1 is 0.667 bits per heavy atom. The first-order chi connectivity index (χ1) is 20.6. The Balaban J connectivity index is 1.08. The highest BCUT2D eigenvalue weighted by Crippen LogP contribution is 2.35. The Morgan fingerprint density at radius 2 is 1.31 bits per heavy atom. The summed E-state index contributed by atoms with van der Waals surface area (Å²) in [5.74, 6) is 0.900. The number of ether oxygens (including phenoxy) is 1. The maximum Gasteiger partial charge on any atom is 0.135 e. The summed E-state index contributed by atoms with van der Waals surface area (Å²) in [7, 11) is 0. The first kappa shape index (κ1) is 26.2. The van der Waals surface area contributed by atoms with Crippen molar-refractivity contribution in [2.75, 3.05) is 0 Å². The maximum absolute atomic E-state index is 6.47. The molecule has 208 valence electrons. The number of nitrogens with zero attached hydrogens (tertiary/aromatic N) is 1. The van der Waals surface area contributed by atoms with E-state index in [2.05, 4.69) is 59.9 Å². The van der Waals surface area contributed by atoms with Crippen LogP contribution in [0.5, 0.6) is 0 Å². The average Bonchev–Trinajstić information content (AvgIpc) is 3.43. The number of furan rings is 1. The van der Waals surface area contributed by atoms with Gasteiger partial charge in [-0.1, -0.05) is 115 Å². The molecule has 5 N–H and O–H groups in total. The topological polar surface area (TPSA) is 98.8 Å². The molecular weight excluding hydrogens is 520 g/mol. The van der Waals surface area contributed by atoms with E-state index in [0.29, 0.717) is 0 Å². The van der Waals surface area contributed by atoms with E-state index >= 15 is 0 Å². The quantitative estimate of drug-likeness (QED) is 0.179. The van der Waals surface area contributed by atoms with Gasteiger partial charge in [0.05, 0.1) is 12.1 Å². The van der Waals surface area contributed by atoms with Crippen molar-refractivity contribution in [2.45, 2.75) is 31.0 Å². The first-order valence-electron chi connectivity index (χ1n) is 14.2. The van der Waals surface area contributed by atoms with Crippen LogP contribution < -0.4 is 16.8 Å². The molecule has 0 amide bonds. The number of benzene rings is 5. The minimum atomic E-state index is -0.700. The smallest absolute Gasteiger partial charge is 0.135 e. The van der Waals surface area contributed by atoms with Crippen molar-refractivity contribution in [3.63, 3.8) is 0 Å². The van der Waals surface area contributed by atoms with Gasteiger partial charge >= 0.3 is 0 Å². The van der Waals surface area contributed by atoms with Gasteiger partial charge in [0.2, 0.25) is 0 Å². The number of fused-ring (bicyclic) bond motifs is 3. The van der Waals surface area contributed by atoms with Gasteiger partial charge < -0.3 is 25.9 Å². The summed E-state index contributed by atoms with van der Waals surface area (Å²) >= 11 is 0. The molecule has 6 heteroatoms. The molecule has 1 aromatic heterocycles. The third kappa shape index (κ3) is 5.19. The van der Waals surface area contributed by atoms with Crippen LogP contribution in [-0.2, 0) is 4.74 Å². The molecule has 5 aromatic carbocycles. The number of aliphatic imine (C=N–C) groups is 1. The van der Waals surface area contributed by atoms with Crippen LogP contribution in [-0.4, -0.2) is 5.84 Å². The van der Waals surface area contributed by atoms with Crippen LogP contribution >= 0.6 is 0 Å². The van der Waals surface area contributed by atoms with E-state index in [4.69, 9.17) is 25.6 Å². The van der Waals surface area contributed by atoms with Gasteiger partial charge in [0.1, 0.15) is 29.5 Å². The number of nitrogens with two attached hydrogens (primary N) is 2. The molecule has 6 aromatic rings. The fraction of sp³-hybridized carbons (Fsp3) is 0.139. The van der Waals surface area contributed by atoms with E-state index in [1.54, 1.807) is 0 Å². The highest BCUT2D eigenvalue weighted by molar-refractivity contribution is 6.05. The summed E-state index contributed by atoms with van der Waals surface area (Å²) in [5, 5.41) is 5.80. The molecule has 0 aliphatic carbocycles.